The molecule has 3 aromatic carbocycles. The molecule has 25 heavy (non-hydrogen) atoms. The van der Waals surface area contributed by atoms with E-state index in [1.807, 2.05) is 24.3 Å². The van der Waals surface area contributed by atoms with Gasteiger partial charge in [0, 0.05) is 11.3 Å². The number of hydrogen-bond donors (Lipinski definition) is 1. The number of anilines is 2. The largest absolute Gasteiger partial charge is 0.352 e. The molecule has 0 aliphatic heterocycles. The van der Waals surface area contributed by atoms with Crippen LogP contribution in [0.4, 0.5) is 11.4 Å². The van der Waals surface area contributed by atoms with Crippen molar-refractivity contribution in [3.63, 3.8) is 0 Å². The molecule has 0 saturated heterocycles. The van der Waals surface area contributed by atoms with Crippen molar-refractivity contribution in [2.45, 2.75) is 26.7 Å². The van der Waals surface area contributed by atoms with Crippen molar-refractivity contribution in [1.82, 2.24) is 0 Å². The van der Waals surface area contributed by atoms with Crippen molar-refractivity contribution in [3.8, 4) is 11.1 Å². The highest BCUT2D eigenvalue weighted by molar-refractivity contribution is 5.95. The van der Waals surface area contributed by atoms with Gasteiger partial charge in [0.05, 0.1) is 5.56 Å². The highest BCUT2D eigenvalue weighted by Gasteiger charge is 2.22. The number of hydrogen-bond acceptors (Lipinski definition) is 4. The van der Waals surface area contributed by atoms with E-state index in [0.717, 1.165) is 5.56 Å². The predicted molar refractivity (Wildman–Crippen MR) is 101 cm³/mol. The van der Waals surface area contributed by atoms with Gasteiger partial charge < -0.3 is 5.32 Å². The van der Waals surface area contributed by atoms with Crippen molar-refractivity contribution in [1.29, 1.82) is 0 Å². The van der Waals surface area contributed by atoms with E-state index in [1.165, 1.54) is 12.5 Å². The van der Waals surface area contributed by atoms with Crippen molar-refractivity contribution >= 4 is 17.2 Å². The summed E-state index contributed by atoms with van der Waals surface area (Å²) in [5.74, 6) is 0.340. The van der Waals surface area contributed by atoms with Crippen LogP contribution in [0, 0.1) is 0 Å². The zero-order valence-electron chi connectivity index (χ0n) is 14.4. The number of nitrogens with one attached hydrogen (secondary N) is 1. The van der Waals surface area contributed by atoms with Gasteiger partial charge in [-0.2, -0.15) is 0 Å². The highest BCUT2D eigenvalue weighted by Crippen LogP contribution is 2.28. The van der Waals surface area contributed by atoms with Crippen molar-refractivity contribution in [2.24, 2.45) is 0 Å². The predicted octanol–water partition coefficient (Wildman–Crippen LogP) is 4.02. The lowest BCUT2D eigenvalue weighted by molar-refractivity contribution is 0.101. The van der Waals surface area contributed by atoms with E-state index in [4.69, 9.17) is 0 Å². The summed E-state index contributed by atoms with van der Waals surface area (Å²) in [5.41, 5.74) is 2.71. The number of carbonyl (C=O) groups excluding carboxylic acids is 1. The molecule has 3 rings (SSSR count). The fraction of sp³-hybridized carbons (Fsp3) is 0.190. The fourth-order valence-corrected chi connectivity index (χ4v) is 2.78. The topological polar surface area (TPSA) is 63.2 Å². The molecule has 0 bridgehead atoms. The van der Waals surface area contributed by atoms with Crippen molar-refractivity contribution in [2.75, 3.05) is 5.32 Å². The Morgan fingerprint density at radius 3 is 2.24 bits per heavy atom. The lowest BCUT2D eigenvalue weighted by atomic mass is 9.95. The Morgan fingerprint density at radius 1 is 0.960 bits per heavy atom. The quantitative estimate of drug-likeness (QED) is 0.566. The Bertz CT molecular complexity index is 1010. The summed E-state index contributed by atoms with van der Waals surface area (Å²) >= 11 is 0. The lowest BCUT2D eigenvalue weighted by Gasteiger charge is -2.14. The van der Waals surface area contributed by atoms with E-state index in [1.54, 1.807) is 24.3 Å². The third kappa shape index (κ3) is 3.15. The molecular formula is C21H19NO3. The van der Waals surface area contributed by atoms with E-state index < -0.39 is 10.9 Å². The van der Waals surface area contributed by atoms with Crippen molar-refractivity contribution in [3.05, 3.63) is 80.1 Å². The summed E-state index contributed by atoms with van der Waals surface area (Å²) in [6.45, 7) is 5.68. The van der Waals surface area contributed by atoms with E-state index in [9.17, 15) is 14.4 Å². The minimum absolute atomic E-state index is 0.0573. The van der Waals surface area contributed by atoms with Crippen molar-refractivity contribution < 1.29 is 4.79 Å². The molecule has 1 N–H and O–H groups in total. The van der Waals surface area contributed by atoms with Crippen LogP contribution in [-0.2, 0) is 0 Å². The third-order valence-corrected chi connectivity index (χ3v) is 4.31. The van der Waals surface area contributed by atoms with Crippen LogP contribution in [0.2, 0.25) is 0 Å². The van der Waals surface area contributed by atoms with Crippen LogP contribution >= 0.6 is 0 Å². The molecule has 126 valence electrons. The zero-order valence-corrected chi connectivity index (χ0v) is 14.4. The van der Waals surface area contributed by atoms with Gasteiger partial charge in [-0.05, 0) is 36.1 Å². The summed E-state index contributed by atoms with van der Waals surface area (Å²) in [7, 11) is 0. The minimum atomic E-state index is -0.531. The molecule has 0 aliphatic carbocycles. The number of carbonyl (C=O) groups is 1. The molecule has 0 amide bonds. The highest BCUT2D eigenvalue weighted by atomic mass is 16.2. The Morgan fingerprint density at radius 2 is 1.64 bits per heavy atom. The molecule has 0 radical (unpaired) electrons. The lowest BCUT2D eigenvalue weighted by Crippen LogP contribution is -2.35. The molecule has 0 fully saturated rings. The average molecular weight is 333 g/mol. The smallest absolute Gasteiger partial charge is 0.250 e. The first-order chi connectivity index (χ1) is 11.9. The maximum Gasteiger partial charge on any atom is 0.250 e. The Labute approximate surface area is 145 Å². The maximum absolute atomic E-state index is 12.1. The molecule has 0 heterocycles. The molecule has 4 heteroatoms. The number of ketones is 1. The van der Waals surface area contributed by atoms with Crippen LogP contribution in [0.25, 0.3) is 11.1 Å². The van der Waals surface area contributed by atoms with Gasteiger partial charge in [-0.3, -0.25) is 14.4 Å². The number of benzene rings is 2. The summed E-state index contributed by atoms with van der Waals surface area (Å²) < 4.78 is 0. The maximum atomic E-state index is 12.1. The normalized spacial score (nSPS) is 11.0. The molecule has 0 unspecified atom stereocenters. The van der Waals surface area contributed by atoms with Gasteiger partial charge in [-0.25, -0.2) is 0 Å². The van der Waals surface area contributed by atoms with Gasteiger partial charge in [0.15, 0.2) is 5.78 Å². The molecule has 0 spiro atoms. The van der Waals surface area contributed by atoms with Gasteiger partial charge in [0.2, 0.25) is 5.43 Å². The van der Waals surface area contributed by atoms with Crippen LogP contribution < -0.4 is 16.2 Å². The van der Waals surface area contributed by atoms with Crippen LogP contribution in [0.15, 0.2) is 58.1 Å². The second kappa shape index (κ2) is 6.48. The zero-order chi connectivity index (χ0) is 18.1. The first-order valence-corrected chi connectivity index (χ1v) is 8.20. The van der Waals surface area contributed by atoms with Crippen LogP contribution in [0.3, 0.4) is 0 Å². The van der Waals surface area contributed by atoms with Gasteiger partial charge in [0.25, 0.3) is 5.43 Å². The van der Waals surface area contributed by atoms with Crippen LogP contribution in [-0.4, -0.2) is 5.78 Å². The summed E-state index contributed by atoms with van der Waals surface area (Å²) in [6, 6.07) is 14.5. The van der Waals surface area contributed by atoms with Gasteiger partial charge in [-0.15, -0.1) is 0 Å². The van der Waals surface area contributed by atoms with Crippen LogP contribution in [0.5, 0.6) is 0 Å². The van der Waals surface area contributed by atoms with E-state index in [2.05, 4.69) is 19.2 Å². The SMILES string of the molecule is CC(=O)c1cccc(Nc2c(-c3ccc(C(C)C)cc3)c(=O)c2=O)c1. The number of Topliss-reactive ketones (excluding diaryl/α,β-unsaturated/α-hetero) is 1. The monoisotopic (exact) mass is 333 g/mol. The molecule has 0 aromatic heterocycles. The first kappa shape index (κ1) is 16.8. The molecule has 4 nitrogen and oxygen atoms in total. The minimum Gasteiger partial charge on any atom is -0.352 e. The first-order valence-electron chi connectivity index (χ1n) is 8.20. The Kier molecular flexibility index (Phi) is 4.36. The molecule has 0 saturated carbocycles. The molecular weight excluding hydrogens is 314 g/mol. The Hall–Kier alpha value is -3.01. The second-order valence-electron chi connectivity index (χ2n) is 6.45. The molecule has 0 aliphatic rings. The summed E-state index contributed by atoms with van der Waals surface area (Å²) in [6.07, 6.45) is 0. The fourth-order valence-electron chi connectivity index (χ4n) is 2.78. The summed E-state index contributed by atoms with van der Waals surface area (Å²) in [4.78, 5) is 35.6. The standard InChI is InChI=1S/C21H19NO3/c1-12(2)14-7-9-15(10-8-14)18-19(21(25)20(18)24)22-17-6-4-5-16(11-17)13(3)23/h4-12,22H,1-3H3. The van der Waals surface area contributed by atoms with E-state index in [0.29, 0.717) is 22.7 Å². The van der Waals surface area contributed by atoms with E-state index >= 15 is 0 Å². The molecule has 3 aromatic rings. The second-order valence-corrected chi connectivity index (χ2v) is 6.45. The Balaban J connectivity index is 1.96. The molecule has 0 atom stereocenters. The number of rotatable bonds is 5. The van der Waals surface area contributed by atoms with Crippen LogP contribution in [0.1, 0.15) is 42.6 Å². The van der Waals surface area contributed by atoms with Gasteiger partial charge >= 0.3 is 0 Å². The third-order valence-electron chi connectivity index (χ3n) is 4.31. The van der Waals surface area contributed by atoms with E-state index in [-0.39, 0.29) is 11.5 Å². The van der Waals surface area contributed by atoms with Gasteiger partial charge in [-0.1, -0.05) is 50.2 Å². The summed E-state index contributed by atoms with van der Waals surface area (Å²) in [5, 5.41) is 3.00. The van der Waals surface area contributed by atoms with Gasteiger partial charge in [0.1, 0.15) is 5.69 Å². The average Bonchev–Trinajstić information content (AvgIpc) is 2.61.